The lowest BCUT2D eigenvalue weighted by Gasteiger charge is -2.07. The van der Waals surface area contributed by atoms with E-state index in [4.69, 9.17) is 4.63 Å². The van der Waals surface area contributed by atoms with Gasteiger partial charge in [0.1, 0.15) is 11.0 Å². The largest absolute Gasteiger partial charge is 0.243 e. The van der Waals surface area contributed by atoms with E-state index in [-0.39, 0.29) is 0 Å². The molecule has 112 valence electrons. The summed E-state index contributed by atoms with van der Waals surface area (Å²) in [5.74, 6) is 0. The third-order valence-electron chi connectivity index (χ3n) is 4.14. The summed E-state index contributed by atoms with van der Waals surface area (Å²) >= 11 is 0. The summed E-state index contributed by atoms with van der Waals surface area (Å²) < 4.78 is 5.04. The lowest BCUT2D eigenvalue weighted by atomic mass is 9.97. The second kappa shape index (κ2) is 5.36. The van der Waals surface area contributed by atoms with Crippen molar-refractivity contribution in [3.63, 3.8) is 0 Å². The zero-order valence-electron chi connectivity index (χ0n) is 13.1. The minimum atomic E-state index is 0.798. The zero-order chi connectivity index (χ0) is 15.8. The fourth-order valence-corrected chi connectivity index (χ4v) is 2.80. The van der Waals surface area contributed by atoms with Crippen LogP contribution in [0.2, 0.25) is 0 Å². The molecule has 0 spiro atoms. The average Bonchev–Trinajstić information content (AvgIpc) is 3.05. The van der Waals surface area contributed by atoms with E-state index in [0.717, 1.165) is 33.3 Å². The predicted molar refractivity (Wildman–Crippen MR) is 92.2 cm³/mol. The van der Waals surface area contributed by atoms with Gasteiger partial charge in [0, 0.05) is 11.1 Å². The van der Waals surface area contributed by atoms with E-state index in [0.29, 0.717) is 0 Å². The normalized spacial score (nSPS) is 11.0. The van der Waals surface area contributed by atoms with E-state index in [9.17, 15) is 0 Å². The average molecular weight is 300 g/mol. The lowest BCUT2D eigenvalue weighted by molar-refractivity contribution is 0.315. The highest BCUT2D eigenvalue weighted by Gasteiger charge is 2.14. The molecule has 0 radical (unpaired) electrons. The molecule has 4 rings (SSSR count). The number of nitrogens with zero attached hydrogens (tertiary/aromatic N) is 2. The minimum absolute atomic E-state index is 0.798. The Morgan fingerprint density at radius 3 is 1.35 bits per heavy atom. The van der Waals surface area contributed by atoms with Gasteiger partial charge in [0.05, 0.1) is 0 Å². The Hall–Kier alpha value is -2.94. The summed E-state index contributed by atoms with van der Waals surface area (Å²) in [6.45, 7) is 4.16. The van der Waals surface area contributed by atoms with Crippen LogP contribution in [0.25, 0.3) is 33.3 Å². The Labute approximate surface area is 134 Å². The molecule has 0 saturated carbocycles. The Morgan fingerprint density at radius 1 is 0.565 bits per heavy atom. The van der Waals surface area contributed by atoms with E-state index >= 15 is 0 Å². The molecule has 1 aromatic heterocycles. The third kappa shape index (κ3) is 2.40. The maximum absolute atomic E-state index is 5.04. The quantitative estimate of drug-likeness (QED) is 0.512. The summed E-state index contributed by atoms with van der Waals surface area (Å²) in [7, 11) is 0. The van der Waals surface area contributed by atoms with Crippen LogP contribution in [0.1, 0.15) is 11.1 Å². The lowest BCUT2D eigenvalue weighted by Crippen LogP contribution is -1.86. The zero-order valence-corrected chi connectivity index (χ0v) is 13.1. The number of hydrogen-bond donors (Lipinski definition) is 0. The molecule has 3 heteroatoms. The van der Waals surface area contributed by atoms with Crippen molar-refractivity contribution in [2.24, 2.45) is 0 Å². The van der Waals surface area contributed by atoms with Crippen molar-refractivity contribution >= 4 is 11.0 Å². The van der Waals surface area contributed by atoms with Crippen molar-refractivity contribution in [1.82, 2.24) is 10.3 Å². The summed E-state index contributed by atoms with van der Waals surface area (Å²) in [6, 6.07) is 21.0. The molecular weight excluding hydrogens is 284 g/mol. The van der Waals surface area contributed by atoms with E-state index < -0.39 is 0 Å². The van der Waals surface area contributed by atoms with Gasteiger partial charge in [-0.3, -0.25) is 0 Å². The Bertz CT molecular complexity index is 887. The van der Waals surface area contributed by atoms with Gasteiger partial charge in [-0.15, -0.1) is 0 Å². The van der Waals surface area contributed by atoms with E-state index in [1.165, 1.54) is 11.1 Å². The summed E-state index contributed by atoms with van der Waals surface area (Å²) in [5.41, 5.74) is 8.38. The van der Waals surface area contributed by atoms with Crippen LogP contribution < -0.4 is 0 Å². The van der Waals surface area contributed by atoms with Crippen molar-refractivity contribution in [2.45, 2.75) is 13.8 Å². The Morgan fingerprint density at radius 2 is 0.957 bits per heavy atom. The monoisotopic (exact) mass is 300 g/mol. The number of aromatic nitrogens is 2. The molecule has 0 amide bonds. The number of aryl methyl sites for hydroxylation is 2. The molecule has 1 heterocycles. The van der Waals surface area contributed by atoms with Crippen LogP contribution in [0.5, 0.6) is 0 Å². The van der Waals surface area contributed by atoms with Crippen molar-refractivity contribution in [2.75, 3.05) is 0 Å². The van der Waals surface area contributed by atoms with Gasteiger partial charge in [0.25, 0.3) is 0 Å². The van der Waals surface area contributed by atoms with Crippen LogP contribution in [-0.2, 0) is 0 Å². The van der Waals surface area contributed by atoms with Gasteiger partial charge in [0.2, 0.25) is 0 Å². The van der Waals surface area contributed by atoms with Crippen molar-refractivity contribution < 1.29 is 4.63 Å². The fourth-order valence-electron chi connectivity index (χ4n) is 2.80. The van der Waals surface area contributed by atoms with Crippen LogP contribution in [0.15, 0.2) is 65.3 Å². The van der Waals surface area contributed by atoms with Crippen LogP contribution >= 0.6 is 0 Å². The first kappa shape index (κ1) is 13.7. The highest BCUT2D eigenvalue weighted by molar-refractivity contribution is 5.99. The van der Waals surface area contributed by atoms with Crippen molar-refractivity contribution in [3.05, 3.63) is 71.8 Å². The number of rotatable bonds is 2. The molecule has 3 nitrogen and oxygen atoms in total. The molecular formula is C20H16N2O. The van der Waals surface area contributed by atoms with Crippen LogP contribution in [0.3, 0.4) is 0 Å². The Kier molecular flexibility index (Phi) is 3.19. The summed E-state index contributed by atoms with van der Waals surface area (Å²) in [5, 5.41) is 8.27. The van der Waals surface area contributed by atoms with Crippen LogP contribution in [-0.4, -0.2) is 10.3 Å². The molecule has 4 aromatic rings. The van der Waals surface area contributed by atoms with Gasteiger partial charge in [-0.2, -0.15) is 0 Å². The molecule has 0 bridgehead atoms. The van der Waals surface area contributed by atoms with Gasteiger partial charge in [-0.05, 0) is 35.3 Å². The second-order valence-corrected chi connectivity index (χ2v) is 5.85. The molecule has 0 aliphatic carbocycles. The number of fused-ring (bicyclic) bond motifs is 1. The molecule has 0 aliphatic heterocycles. The molecule has 0 unspecified atom stereocenters. The van der Waals surface area contributed by atoms with Crippen molar-refractivity contribution in [3.8, 4) is 22.3 Å². The molecule has 3 aromatic carbocycles. The van der Waals surface area contributed by atoms with Crippen molar-refractivity contribution in [1.29, 1.82) is 0 Å². The topological polar surface area (TPSA) is 38.9 Å². The van der Waals surface area contributed by atoms with E-state index in [2.05, 4.69) is 84.8 Å². The third-order valence-corrected chi connectivity index (χ3v) is 4.14. The molecule has 0 N–H and O–H groups in total. The summed E-state index contributed by atoms with van der Waals surface area (Å²) in [6.07, 6.45) is 0. The number of benzene rings is 3. The SMILES string of the molecule is Cc1ccc(-c2ccc(-c3ccc(C)cc3)c3nonc23)cc1. The van der Waals surface area contributed by atoms with Gasteiger partial charge < -0.3 is 0 Å². The second-order valence-electron chi connectivity index (χ2n) is 5.85. The maximum atomic E-state index is 5.04. The highest BCUT2D eigenvalue weighted by atomic mass is 16.6. The first-order chi connectivity index (χ1) is 11.2. The predicted octanol–water partition coefficient (Wildman–Crippen LogP) is 5.17. The number of hydrogen-bond acceptors (Lipinski definition) is 3. The molecule has 0 atom stereocenters. The van der Waals surface area contributed by atoms with E-state index in [1.54, 1.807) is 0 Å². The van der Waals surface area contributed by atoms with Crippen LogP contribution in [0.4, 0.5) is 0 Å². The van der Waals surface area contributed by atoms with E-state index in [1.807, 2.05) is 0 Å². The van der Waals surface area contributed by atoms with Gasteiger partial charge in [-0.25, -0.2) is 4.63 Å². The first-order valence-electron chi connectivity index (χ1n) is 7.62. The van der Waals surface area contributed by atoms with Gasteiger partial charge in [-0.1, -0.05) is 71.8 Å². The minimum Gasteiger partial charge on any atom is -0.243 e. The van der Waals surface area contributed by atoms with Gasteiger partial charge in [0.15, 0.2) is 0 Å². The fraction of sp³-hybridized carbons (Fsp3) is 0.100. The standard InChI is InChI=1S/C20H16N2O/c1-13-3-7-15(8-4-13)17-11-12-18(20-19(17)21-23-22-20)16-9-5-14(2)6-10-16/h3-12H,1-2H3. The molecule has 0 saturated heterocycles. The maximum Gasteiger partial charge on any atom is 0.143 e. The van der Waals surface area contributed by atoms with Gasteiger partial charge >= 0.3 is 0 Å². The first-order valence-corrected chi connectivity index (χ1v) is 7.62. The van der Waals surface area contributed by atoms with Crippen LogP contribution in [0, 0.1) is 13.8 Å². The summed E-state index contributed by atoms with van der Waals surface area (Å²) in [4.78, 5) is 0. The highest BCUT2D eigenvalue weighted by Crippen LogP contribution is 2.33. The smallest absolute Gasteiger partial charge is 0.143 e. The molecule has 23 heavy (non-hydrogen) atoms. The molecule has 0 aliphatic rings. The molecule has 0 fully saturated rings. The Balaban J connectivity index is 1.91.